The van der Waals surface area contributed by atoms with Crippen molar-refractivity contribution in [2.45, 2.75) is 13.0 Å². The van der Waals surface area contributed by atoms with Gasteiger partial charge < -0.3 is 9.40 Å². The average molecular weight is 278 g/mol. The van der Waals surface area contributed by atoms with Crippen LogP contribution in [0.2, 0.25) is 0 Å². The Bertz CT molecular complexity index is 780. The van der Waals surface area contributed by atoms with E-state index >= 15 is 0 Å². The van der Waals surface area contributed by atoms with Gasteiger partial charge in [0.15, 0.2) is 4.77 Å². The first-order valence-corrected chi connectivity index (χ1v) is 6.77. The number of aryl methyl sites for hydroxylation is 1. The van der Waals surface area contributed by atoms with Crippen molar-refractivity contribution < 1.29 is 4.42 Å². The third-order valence-corrected chi connectivity index (χ3v) is 3.98. The Morgan fingerprint density at radius 2 is 2.33 bits per heavy atom. The molecule has 4 nitrogen and oxygen atoms in total. The number of aromatic nitrogens is 2. The Morgan fingerprint density at radius 3 is 3.11 bits per heavy atom. The van der Waals surface area contributed by atoms with Crippen molar-refractivity contribution in [3.05, 3.63) is 50.7 Å². The molecule has 0 aromatic carbocycles. The SMILES string of the molecule is O=c1c2sccc2[nH]c(=S)n1CCc1ccco1. The van der Waals surface area contributed by atoms with E-state index in [9.17, 15) is 4.79 Å². The minimum atomic E-state index is -0.0321. The van der Waals surface area contributed by atoms with Crippen molar-refractivity contribution in [3.63, 3.8) is 0 Å². The Kier molecular flexibility index (Phi) is 2.89. The van der Waals surface area contributed by atoms with E-state index in [1.807, 2.05) is 23.6 Å². The number of aromatic amines is 1. The Morgan fingerprint density at radius 1 is 1.44 bits per heavy atom. The van der Waals surface area contributed by atoms with Gasteiger partial charge in [-0.15, -0.1) is 11.3 Å². The highest BCUT2D eigenvalue weighted by Crippen LogP contribution is 2.14. The van der Waals surface area contributed by atoms with Crippen LogP contribution >= 0.6 is 23.6 Å². The van der Waals surface area contributed by atoms with Crippen LogP contribution in [0.15, 0.2) is 39.1 Å². The zero-order chi connectivity index (χ0) is 12.5. The van der Waals surface area contributed by atoms with E-state index in [1.54, 1.807) is 10.8 Å². The molecule has 0 unspecified atom stereocenters. The summed E-state index contributed by atoms with van der Waals surface area (Å²) in [4.78, 5) is 15.3. The number of hydrogen-bond donors (Lipinski definition) is 1. The molecule has 3 heterocycles. The van der Waals surface area contributed by atoms with E-state index in [0.717, 1.165) is 11.3 Å². The number of thiophene rings is 1. The molecule has 1 N–H and O–H groups in total. The second-order valence-electron chi connectivity index (χ2n) is 3.88. The fraction of sp³-hybridized carbons (Fsp3) is 0.167. The number of nitrogens with one attached hydrogen (secondary N) is 1. The summed E-state index contributed by atoms with van der Waals surface area (Å²) in [7, 11) is 0. The summed E-state index contributed by atoms with van der Waals surface area (Å²) in [6, 6.07) is 5.59. The molecule has 18 heavy (non-hydrogen) atoms. The van der Waals surface area contributed by atoms with E-state index in [2.05, 4.69) is 4.98 Å². The first kappa shape index (κ1) is 11.4. The maximum atomic E-state index is 12.2. The molecule has 0 fully saturated rings. The highest BCUT2D eigenvalue weighted by molar-refractivity contribution is 7.71. The van der Waals surface area contributed by atoms with Gasteiger partial charge in [-0.25, -0.2) is 0 Å². The third-order valence-electron chi connectivity index (χ3n) is 2.75. The van der Waals surface area contributed by atoms with E-state index in [0.29, 0.717) is 22.4 Å². The quantitative estimate of drug-likeness (QED) is 0.749. The molecule has 0 aliphatic rings. The molecular formula is C12H10N2O2S2. The summed E-state index contributed by atoms with van der Waals surface area (Å²) in [5, 5.41) is 1.88. The predicted molar refractivity (Wildman–Crippen MR) is 73.7 cm³/mol. The second-order valence-corrected chi connectivity index (χ2v) is 5.18. The maximum absolute atomic E-state index is 12.2. The van der Waals surface area contributed by atoms with Gasteiger partial charge in [0.1, 0.15) is 10.5 Å². The summed E-state index contributed by atoms with van der Waals surface area (Å²) < 4.78 is 8.00. The first-order valence-electron chi connectivity index (χ1n) is 5.48. The molecule has 0 saturated heterocycles. The lowest BCUT2D eigenvalue weighted by Gasteiger charge is -2.04. The molecule has 0 aliphatic heterocycles. The Balaban J connectivity index is 2.01. The fourth-order valence-corrected chi connectivity index (χ4v) is 2.93. The van der Waals surface area contributed by atoms with E-state index < -0.39 is 0 Å². The molecule has 0 saturated carbocycles. The van der Waals surface area contributed by atoms with Crippen molar-refractivity contribution in [2.75, 3.05) is 0 Å². The lowest BCUT2D eigenvalue weighted by Crippen LogP contribution is -2.22. The summed E-state index contributed by atoms with van der Waals surface area (Å²) in [6.07, 6.45) is 2.28. The Hall–Kier alpha value is -1.66. The van der Waals surface area contributed by atoms with Gasteiger partial charge in [0.25, 0.3) is 5.56 Å². The fourth-order valence-electron chi connectivity index (χ4n) is 1.85. The smallest absolute Gasteiger partial charge is 0.272 e. The predicted octanol–water partition coefficient (Wildman–Crippen LogP) is 2.96. The molecule has 3 aromatic rings. The minimum absolute atomic E-state index is 0.0321. The highest BCUT2D eigenvalue weighted by Gasteiger charge is 2.07. The minimum Gasteiger partial charge on any atom is -0.469 e. The first-order chi connectivity index (χ1) is 8.75. The average Bonchev–Trinajstić information content (AvgIpc) is 2.98. The van der Waals surface area contributed by atoms with Crippen molar-refractivity contribution in [1.82, 2.24) is 9.55 Å². The second kappa shape index (κ2) is 4.55. The summed E-state index contributed by atoms with van der Waals surface area (Å²) in [6.45, 7) is 0.523. The van der Waals surface area contributed by atoms with Crippen LogP contribution in [0.5, 0.6) is 0 Å². The topological polar surface area (TPSA) is 50.9 Å². The molecule has 0 bridgehead atoms. The molecule has 3 aromatic heterocycles. The number of H-pyrrole nitrogens is 1. The number of hydrogen-bond acceptors (Lipinski definition) is 4. The van der Waals surface area contributed by atoms with Gasteiger partial charge in [-0.05, 0) is 35.8 Å². The van der Waals surface area contributed by atoms with Crippen LogP contribution < -0.4 is 5.56 Å². The number of nitrogens with zero attached hydrogens (tertiary/aromatic N) is 1. The standard InChI is InChI=1S/C12H10N2O2S2/c15-11-10-9(4-7-18-10)13-12(17)14(11)5-3-8-2-1-6-16-8/h1-2,4,6-7H,3,5H2,(H,13,17). The van der Waals surface area contributed by atoms with Crippen molar-refractivity contribution in [2.24, 2.45) is 0 Å². The summed E-state index contributed by atoms with van der Waals surface area (Å²) in [5.74, 6) is 0.850. The zero-order valence-corrected chi connectivity index (χ0v) is 11.0. The van der Waals surface area contributed by atoms with Crippen molar-refractivity contribution in [1.29, 1.82) is 0 Å². The van der Waals surface area contributed by atoms with Gasteiger partial charge in [0.05, 0.1) is 11.8 Å². The van der Waals surface area contributed by atoms with Crippen molar-refractivity contribution in [3.8, 4) is 0 Å². The van der Waals surface area contributed by atoms with Crippen LogP contribution in [-0.2, 0) is 13.0 Å². The lowest BCUT2D eigenvalue weighted by molar-refractivity contribution is 0.487. The maximum Gasteiger partial charge on any atom is 0.272 e. The molecule has 0 atom stereocenters. The zero-order valence-electron chi connectivity index (χ0n) is 9.38. The molecule has 0 radical (unpaired) electrons. The van der Waals surface area contributed by atoms with Gasteiger partial charge in [-0.3, -0.25) is 9.36 Å². The summed E-state index contributed by atoms with van der Waals surface area (Å²) >= 11 is 6.63. The normalized spacial score (nSPS) is 11.1. The largest absolute Gasteiger partial charge is 0.469 e. The molecule has 0 spiro atoms. The highest BCUT2D eigenvalue weighted by atomic mass is 32.1. The lowest BCUT2D eigenvalue weighted by atomic mass is 10.3. The van der Waals surface area contributed by atoms with Gasteiger partial charge >= 0.3 is 0 Å². The molecule has 0 amide bonds. The number of furan rings is 1. The van der Waals surface area contributed by atoms with E-state index in [4.69, 9.17) is 16.6 Å². The number of rotatable bonds is 3. The molecule has 92 valence electrons. The molecule has 0 aliphatic carbocycles. The van der Waals surface area contributed by atoms with Crippen LogP contribution in [0.25, 0.3) is 10.2 Å². The Labute approximate surface area is 112 Å². The van der Waals surface area contributed by atoms with Gasteiger partial charge in [0, 0.05) is 13.0 Å². The van der Waals surface area contributed by atoms with Crippen molar-refractivity contribution >= 4 is 33.8 Å². The molecule has 6 heteroatoms. The van der Waals surface area contributed by atoms with E-state index in [1.165, 1.54) is 11.3 Å². The number of fused-ring (bicyclic) bond motifs is 1. The molecule has 3 rings (SSSR count). The van der Waals surface area contributed by atoms with Crippen LogP contribution in [0.4, 0.5) is 0 Å². The third kappa shape index (κ3) is 1.93. The van der Waals surface area contributed by atoms with Crippen LogP contribution in [0, 0.1) is 4.77 Å². The monoisotopic (exact) mass is 278 g/mol. The van der Waals surface area contributed by atoms with Crippen LogP contribution in [0.1, 0.15) is 5.76 Å². The van der Waals surface area contributed by atoms with Gasteiger partial charge in [-0.1, -0.05) is 0 Å². The van der Waals surface area contributed by atoms with E-state index in [-0.39, 0.29) is 5.56 Å². The molecular weight excluding hydrogens is 268 g/mol. The van der Waals surface area contributed by atoms with Crippen LogP contribution in [0.3, 0.4) is 0 Å². The summed E-state index contributed by atoms with van der Waals surface area (Å²) in [5.41, 5.74) is 0.777. The van der Waals surface area contributed by atoms with Gasteiger partial charge in [-0.2, -0.15) is 0 Å². The van der Waals surface area contributed by atoms with Gasteiger partial charge in [0.2, 0.25) is 0 Å². The van der Waals surface area contributed by atoms with Crippen LogP contribution in [-0.4, -0.2) is 9.55 Å².